The molecule has 10 heteroatoms. The average molecular weight is 473 g/mol. The van der Waals surface area contributed by atoms with Crippen molar-refractivity contribution in [1.29, 1.82) is 0 Å². The van der Waals surface area contributed by atoms with Crippen LogP contribution in [0, 0.1) is 0 Å². The average Bonchev–Trinajstić information content (AvgIpc) is 3.44. The minimum absolute atomic E-state index is 0.134. The fourth-order valence-corrected chi connectivity index (χ4v) is 4.77. The number of ether oxygens (including phenoxy) is 1. The van der Waals surface area contributed by atoms with E-state index < -0.39 is 0 Å². The predicted octanol–water partition coefficient (Wildman–Crippen LogP) is 3.03. The summed E-state index contributed by atoms with van der Waals surface area (Å²) in [7, 11) is 5.46. The van der Waals surface area contributed by atoms with Gasteiger partial charge in [-0.25, -0.2) is 4.68 Å². The van der Waals surface area contributed by atoms with Crippen molar-refractivity contribution >= 4 is 28.4 Å². The summed E-state index contributed by atoms with van der Waals surface area (Å²) < 4.78 is 7.27. The van der Waals surface area contributed by atoms with E-state index in [9.17, 15) is 4.79 Å². The standard InChI is InChI=1S/C25H28N8O2/c1-32-12-16(13-32)27-24(34)17-7-6-15(10-21(17)35-3)23-29-25(33(2)31-23)28-20-9-8-19-18(11-26-30-19)22(20)14-4-5-14/h6-11,14,16H,4-5,12-13H2,1-3H3,(H,26,30)(H,27,34)(H,28,29,31). The second kappa shape index (κ2) is 8.38. The van der Waals surface area contributed by atoms with E-state index in [0.717, 1.165) is 35.2 Å². The molecule has 0 bridgehead atoms. The minimum Gasteiger partial charge on any atom is -0.496 e. The van der Waals surface area contributed by atoms with E-state index in [0.29, 0.717) is 29.0 Å². The number of aryl methyl sites for hydroxylation is 1. The van der Waals surface area contributed by atoms with E-state index in [1.165, 1.54) is 18.4 Å². The molecule has 180 valence electrons. The van der Waals surface area contributed by atoms with Crippen LogP contribution in [0.5, 0.6) is 5.75 Å². The molecule has 0 atom stereocenters. The number of benzene rings is 2. The molecule has 3 N–H and O–H groups in total. The lowest BCUT2D eigenvalue weighted by molar-refractivity contribution is 0.0855. The molecule has 1 saturated heterocycles. The Kier molecular flexibility index (Phi) is 5.18. The highest BCUT2D eigenvalue weighted by Gasteiger charge is 2.29. The van der Waals surface area contributed by atoms with Crippen LogP contribution in [-0.4, -0.2) is 69.1 Å². The van der Waals surface area contributed by atoms with Gasteiger partial charge in [-0.3, -0.25) is 9.89 Å². The molecule has 4 aromatic rings. The largest absolute Gasteiger partial charge is 0.496 e. The molecule has 2 aromatic heterocycles. The third-order valence-electron chi connectivity index (χ3n) is 6.76. The highest BCUT2D eigenvalue weighted by atomic mass is 16.5. The maximum atomic E-state index is 12.7. The number of carbonyl (C=O) groups is 1. The van der Waals surface area contributed by atoms with Gasteiger partial charge < -0.3 is 20.3 Å². The number of rotatable bonds is 7. The Hall–Kier alpha value is -3.92. The smallest absolute Gasteiger partial charge is 0.255 e. The monoisotopic (exact) mass is 472 g/mol. The lowest BCUT2D eigenvalue weighted by atomic mass is 10.0. The molecule has 6 rings (SSSR count). The zero-order valence-corrected chi connectivity index (χ0v) is 20.0. The van der Waals surface area contributed by atoms with E-state index in [1.807, 2.05) is 38.5 Å². The van der Waals surface area contributed by atoms with Crippen molar-refractivity contribution in [3.63, 3.8) is 0 Å². The van der Waals surface area contributed by atoms with Gasteiger partial charge in [0.1, 0.15) is 5.75 Å². The minimum atomic E-state index is -0.134. The van der Waals surface area contributed by atoms with Gasteiger partial charge in [-0.05, 0) is 55.6 Å². The third kappa shape index (κ3) is 3.99. The highest BCUT2D eigenvalue weighted by molar-refractivity contribution is 5.98. The quantitative estimate of drug-likeness (QED) is 0.379. The third-order valence-corrected chi connectivity index (χ3v) is 6.76. The molecule has 0 radical (unpaired) electrons. The predicted molar refractivity (Wildman–Crippen MR) is 133 cm³/mol. The van der Waals surface area contributed by atoms with Gasteiger partial charge in [-0.15, -0.1) is 5.10 Å². The van der Waals surface area contributed by atoms with Crippen LogP contribution in [0.2, 0.25) is 0 Å². The van der Waals surface area contributed by atoms with Crippen molar-refractivity contribution in [1.82, 2.24) is 35.2 Å². The van der Waals surface area contributed by atoms with Crippen LogP contribution in [-0.2, 0) is 7.05 Å². The molecule has 2 aromatic carbocycles. The molecule has 35 heavy (non-hydrogen) atoms. The molecule has 10 nitrogen and oxygen atoms in total. The maximum absolute atomic E-state index is 12.7. The first kappa shape index (κ1) is 21.6. The second-order valence-electron chi connectivity index (χ2n) is 9.45. The molecule has 2 aliphatic rings. The van der Waals surface area contributed by atoms with E-state index in [1.54, 1.807) is 17.9 Å². The number of likely N-dealkylation sites (N-methyl/N-ethyl adjacent to an activating group) is 1. The van der Waals surface area contributed by atoms with E-state index in [-0.39, 0.29) is 11.9 Å². The van der Waals surface area contributed by atoms with Gasteiger partial charge in [0.15, 0.2) is 5.82 Å². The Morgan fingerprint density at radius 1 is 1.17 bits per heavy atom. The molecule has 0 spiro atoms. The molecule has 0 unspecified atom stereocenters. The zero-order chi connectivity index (χ0) is 24.1. The summed E-state index contributed by atoms with van der Waals surface area (Å²) in [6.45, 7) is 1.71. The Morgan fingerprint density at radius 2 is 2.00 bits per heavy atom. The summed E-state index contributed by atoms with van der Waals surface area (Å²) in [4.78, 5) is 19.7. The molecular formula is C25H28N8O2. The number of carbonyl (C=O) groups excluding carboxylic acids is 1. The van der Waals surface area contributed by atoms with Gasteiger partial charge >= 0.3 is 0 Å². The van der Waals surface area contributed by atoms with Gasteiger partial charge in [-0.2, -0.15) is 10.1 Å². The number of hydrogen-bond acceptors (Lipinski definition) is 7. The summed E-state index contributed by atoms with van der Waals surface area (Å²) in [5.74, 6) is 2.09. The van der Waals surface area contributed by atoms with Crippen molar-refractivity contribution in [2.45, 2.75) is 24.8 Å². The summed E-state index contributed by atoms with van der Waals surface area (Å²) in [6.07, 6.45) is 4.25. The number of nitrogens with zero attached hydrogens (tertiary/aromatic N) is 5. The number of H-pyrrole nitrogens is 1. The number of likely N-dealkylation sites (tertiary alicyclic amines) is 1. The number of aromatic amines is 1. The molecule has 1 aliphatic heterocycles. The molecule has 1 saturated carbocycles. The van der Waals surface area contributed by atoms with Crippen LogP contribution >= 0.6 is 0 Å². The fraction of sp³-hybridized carbons (Fsp3) is 0.360. The maximum Gasteiger partial charge on any atom is 0.255 e. The number of amides is 1. The van der Waals surface area contributed by atoms with Gasteiger partial charge in [0, 0.05) is 36.8 Å². The van der Waals surface area contributed by atoms with Crippen LogP contribution in [0.3, 0.4) is 0 Å². The van der Waals surface area contributed by atoms with Gasteiger partial charge in [0.25, 0.3) is 5.91 Å². The van der Waals surface area contributed by atoms with Crippen LogP contribution in [0.25, 0.3) is 22.3 Å². The van der Waals surface area contributed by atoms with Crippen LogP contribution in [0.4, 0.5) is 11.6 Å². The topological polar surface area (TPSA) is 113 Å². The summed E-state index contributed by atoms with van der Waals surface area (Å²) in [5, 5.41) is 19.6. The van der Waals surface area contributed by atoms with Crippen LogP contribution < -0.4 is 15.4 Å². The van der Waals surface area contributed by atoms with Gasteiger partial charge in [0.05, 0.1) is 30.4 Å². The zero-order valence-electron chi connectivity index (χ0n) is 20.0. The van der Waals surface area contributed by atoms with E-state index in [2.05, 4.69) is 36.9 Å². The first-order valence-electron chi connectivity index (χ1n) is 11.8. The van der Waals surface area contributed by atoms with Gasteiger partial charge in [0.2, 0.25) is 5.95 Å². The van der Waals surface area contributed by atoms with E-state index in [4.69, 9.17) is 9.72 Å². The fourth-order valence-electron chi connectivity index (χ4n) is 4.77. The van der Waals surface area contributed by atoms with Crippen molar-refractivity contribution in [2.75, 3.05) is 32.6 Å². The summed E-state index contributed by atoms with van der Waals surface area (Å²) in [6, 6.07) is 9.71. The van der Waals surface area contributed by atoms with Crippen molar-refractivity contribution < 1.29 is 9.53 Å². The molecule has 2 fully saturated rings. The normalized spacial score (nSPS) is 16.3. The molecule has 1 amide bonds. The lowest BCUT2D eigenvalue weighted by Gasteiger charge is -2.36. The van der Waals surface area contributed by atoms with Crippen molar-refractivity contribution in [2.24, 2.45) is 7.05 Å². The first-order valence-corrected chi connectivity index (χ1v) is 11.8. The Bertz CT molecular complexity index is 1410. The highest BCUT2D eigenvalue weighted by Crippen LogP contribution is 2.47. The SMILES string of the molecule is COc1cc(-c2nc(Nc3ccc4[nH]ncc4c3C3CC3)n(C)n2)ccc1C(=O)NC1CN(C)C1. The number of methoxy groups -OCH3 is 1. The van der Waals surface area contributed by atoms with Crippen LogP contribution in [0.1, 0.15) is 34.7 Å². The summed E-state index contributed by atoms with van der Waals surface area (Å²) >= 11 is 0. The number of fused-ring (bicyclic) bond motifs is 1. The Labute approximate surface area is 202 Å². The Balaban J connectivity index is 1.26. The number of aromatic nitrogens is 5. The number of anilines is 2. The van der Waals surface area contributed by atoms with E-state index >= 15 is 0 Å². The van der Waals surface area contributed by atoms with Crippen molar-refractivity contribution in [3.8, 4) is 17.1 Å². The molecule has 1 aliphatic carbocycles. The number of hydrogen-bond donors (Lipinski definition) is 3. The van der Waals surface area contributed by atoms with Crippen molar-refractivity contribution in [3.05, 3.63) is 47.7 Å². The first-order chi connectivity index (χ1) is 17.0. The second-order valence-corrected chi connectivity index (χ2v) is 9.45. The lowest BCUT2D eigenvalue weighted by Crippen LogP contribution is -2.57. The molecule has 3 heterocycles. The number of nitrogens with one attached hydrogen (secondary N) is 3. The van der Waals surface area contributed by atoms with Gasteiger partial charge in [-0.1, -0.05) is 6.07 Å². The molecular weight excluding hydrogens is 444 g/mol. The van der Waals surface area contributed by atoms with Crippen LogP contribution in [0.15, 0.2) is 36.5 Å². The summed E-state index contributed by atoms with van der Waals surface area (Å²) in [5.41, 5.74) is 4.61. The Morgan fingerprint density at radius 3 is 2.74 bits per heavy atom.